The normalized spacial score (nSPS) is 16.6. The lowest BCUT2D eigenvalue weighted by Crippen LogP contribution is -2.39. The Bertz CT molecular complexity index is 789. The maximum atomic E-state index is 12.9. The molecule has 8 heteroatoms. The van der Waals surface area contributed by atoms with Gasteiger partial charge in [0.1, 0.15) is 10.7 Å². The second kappa shape index (κ2) is 8.62. The molecule has 1 aliphatic heterocycles. The topological polar surface area (TPSA) is 79.7 Å². The van der Waals surface area contributed by atoms with E-state index < -0.39 is 5.97 Å². The van der Waals surface area contributed by atoms with Crippen LogP contribution in [-0.4, -0.2) is 52.7 Å². The molecule has 3 rings (SSSR count). The van der Waals surface area contributed by atoms with E-state index >= 15 is 0 Å². The molecule has 1 unspecified atom stereocenters. The first-order valence-electron chi connectivity index (χ1n) is 8.37. The molecular formula is C18H19ClN2O4S. The number of carbonyl (C=O) groups excluding carboxylic acids is 1. The summed E-state index contributed by atoms with van der Waals surface area (Å²) in [5.74, 6) is -1.22. The minimum absolute atomic E-state index is 0.0468. The Labute approximate surface area is 160 Å². The second-order valence-corrected chi connectivity index (χ2v) is 7.31. The second-order valence-electron chi connectivity index (χ2n) is 6.05. The van der Waals surface area contributed by atoms with Crippen molar-refractivity contribution in [2.75, 3.05) is 19.7 Å². The number of amides is 1. The Morgan fingerprint density at radius 3 is 2.88 bits per heavy atom. The number of aliphatic carboxylic acids is 1. The summed E-state index contributed by atoms with van der Waals surface area (Å²) < 4.78 is 5.59. The van der Waals surface area contributed by atoms with Crippen molar-refractivity contribution >= 4 is 34.8 Å². The van der Waals surface area contributed by atoms with Crippen LogP contribution in [0.5, 0.6) is 0 Å². The summed E-state index contributed by atoms with van der Waals surface area (Å²) in [4.78, 5) is 29.7. The molecule has 1 aromatic carbocycles. The predicted octanol–water partition coefficient (Wildman–Crippen LogP) is 3.56. The third-order valence-corrected chi connectivity index (χ3v) is 5.36. The molecule has 1 fully saturated rings. The fourth-order valence-electron chi connectivity index (χ4n) is 2.83. The van der Waals surface area contributed by atoms with Crippen LogP contribution in [0.4, 0.5) is 0 Å². The molecule has 1 atom stereocenters. The molecule has 26 heavy (non-hydrogen) atoms. The number of hydrogen-bond donors (Lipinski definition) is 1. The van der Waals surface area contributed by atoms with E-state index in [1.54, 1.807) is 11.4 Å². The molecule has 2 heterocycles. The van der Waals surface area contributed by atoms with Crippen molar-refractivity contribution < 1.29 is 19.4 Å². The lowest BCUT2D eigenvalue weighted by atomic mass is 10.2. The maximum absolute atomic E-state index is 12.9. The Kier molecular flexibility index (Phi) is 6.24. The van der Waals surface area contributed by atoms with Gasteiger partial charge < -0.3 is 14.7 Å². The van der Waals surface area contributed by atoms with Crippen LogP contribution in [0.15, 0.2) is 29.6 Å². The van der Waals surface area contributed by atoms with Gasteiger partial charge in [0.25, 0.3) is 5.91 Å². The average molecular weight is 395 g/mol. The third-order valence-electron chi connectivity index (χ3n) is 4.16. The highest BCUT2D eigenvalue weighted by atomic mass is 35.5. The molecule has 0 spiro atoms. The highest BCUT2D eigenvalue weighted by Gasteiger charge is 2.25. The number of carboxylic acid groups (broad SMARTS) is 1. The average Bonchev–Trinajstić information content (AvgIpc) is 3.30. The molecule has 1 N–H and O–H groups in total. The van der Waals surface area contributed by atoms with E-state index in [1.807, 2.05) is 18.2 Å². The Morgan fingerprint density at radius 1 is 1.38 bits per heavy atom. The lowest BCUT2D eigenvalue weighted by molar-refractivity contribution is -0.137. The monoisotopic (exact) mass is 394 g/mol. The minimum Gasteiger partial charge on any atom is -0.481 e. The zero-order valence-corrected chi connectivity index (χ0v) is 15.6. The van der Waals surface area contributed by atoms with Gasteiger partial charge in [0.15, 0.2) is 0 Å². The van der Waals surface area contributed by atoms with Crippen molar-refractivity contribution in [3.8, 4) is 10.6 Å². The highest BCUT2D eigenvalue weighted by Crippen LogP contribution is 2.30. The van der Waals surface area contributed by atoms with E-state index in [0.29, 0.717) is 28.9 Å². The molecule has 6 nitrogen and oxygen atoms in total. The zero-order chi connectivity index (χ0) is 18.5. The van der Waals surface area contributed by atoms with E-state index in [0.717, 1.165) is 18.4 Å². The number of halogens is 1. The van der Waals surface area contributed by atoms with E-state index in [9.17, 15) is 9.59 Å². The summed E-state index contributed by atoms with van der Waals surface area (Å²) >= 11 is 7.54. The van der Waals surface area contributed by atoms with Gasteiger partial charge in [0, 0.05) is 30.6 Å². The summed E-state index contributed by atoms with van der Waals surface area (Å²) in [5, 5.41) is 11.9. The van der Waals surface area contributed by atoms with Crippen LogP contribution in [0.25, 0.3) is 10.6 Å². The van der Waals surface area contributed by atoms with Gasteiger partial charge >= 0.3 is 5.97 Å². The van der Waals surface area contributed by atoms with Crippen molar-refractivity contribution in [2.24, 2.45) is 0 Å². The van der Waals surface area contributed by atoms with Crippen LogP contribution in [0.2, 0.25) is 5.02 Å². The molecule has 138 valence electrons. The molecule has 0 bridgehead atoms. The van der Waals surface area contributed by atoms with Gasteiger partial charge in [0.2, 0.25) is 0 Å². The standard InChI is InChI=1S/C18H19ClN2O4S/c19-14-6-2-1-5-13(14)17-20-15(11-26-17)18(24)21(8-7-16(22)23)10-12-4-3-9-25-12/h1-2,5-6,11-12H,3-4,7-10H2,(H,22,23). The van der Waals surface area contributed by atoms with Crippen molar-refractivity contribution in [3.05, 3.63) is 40.4 Å². The largest absolute Gasteiger partial charge is 0.481 e. The summed E-state index contributed by atoms with van der Waals surface area (Å²) in [7, 11) is 0. The van der Waals surface area contributed by atoms with Crippen molar-refractivity contribution in [3.63, 3.8) is 0 Å². The van der Waals surface area contributed by atoms with Gasteiger partial charge in [-0.25, -0.2) is 4.98 Å². The van der Waals surface area contributed by atoms with E-state index in [4.69, 9.17) is 21.4 Å². The molecule has 2 aromatic rings. The molecular weight excluding hydrogens is 376 g/mol. The fraction of sp³-hybridized carbons (Fsp3) is 0.389. The molecule has 1 amide bonds. The molecule has 1 aliphatic rings. The van der Waals surface area contributed by atoms with Crippen LogP contribution >= 0.6 is 22.9 Å². The zero-order valence-electron chi connectivity index (χ0n) is 14.1. The number of ether oxygens (including phenoxy) is 1. The number of nitrogens with zero attached hydrogens (tertiary/aromatic N) is 2. The van der Waals surface area contributed by atoms with Gasteiger partial charge in [-0.15, -0.1) is 11.3 Å². The fourth-order valence-corrected chi connectivity index (χ4v) is 3.95. The highest BCUT2D eigenvalue weighted by molar-refractivity contribution is 7.13. The van der Waals surface area contributed by atoms with Gasteiger partial charge in [-0.3, -0.25) is 9.59 Å². The van der Waals surface area contributed by atoms with Crippen molar-refractivity contribution in [1.82, 2.24) is 9.88 Å². The molecule has 0 radical (unpaired) electrons. The Balaban J connectivity index is 1.77. The predicted molar refractivity (Wildman–Crippen MR) is 99.7 cm³/mol. The Hall–Kier alpha value is -1.96. The number of aromatic nitrogens is 1. The van der Waals surface area contributed by atoms with Crippen LogP contribution in [0.3, 0.4) is 0 Å². The van der Waals surface area contributed by atoms with Crippen LogP contribution in [-0.2, 0) is 9.53 Å². The quantitative estimate of drug-likeness (QED) is 0.776. The number of hydrogen-bond acceptors (Lipinski definition) is 5. The van der Waals surface area contributed by atoms with Gasteiger partial charge in [0.05, 0.1) is 17.5 Å². The van der Waals surface area contributed by atoms with Crippen molar-refractivity contribution in [2.45, 2.75) is 25.4 Å². The summed E-state index contributed by atoms with van der Waals surface area (Å²) in [6, 6.07) is 7.32. The maximum Gasteiger partial charge on any atom is 0.305 e. The van der Waals surface area contributed by atoms with Crippen LogP contribution < -0.4 is 0 Å². The molecule has 1 saturated heterocycles. The van der Waals surface area contributed by atoms with Crippen molar-refractivity contribution in [1.29, 1.82) is 0 Å². The summed E-state index contributed by atoms with van der Waals surface area (Å²) in [6.45, 7) is 1.19. The van der Waals surface area contributed by atoms with Gasteiger partial charge in [-0.1, -0.05) is 29.8 Å². The SMILES string of the molecule is O=C(O)CCN(CC1CCCO1)C(=O)c1csc(-c2ccccc2Cl)n1. The molecule has 0 saturated carbocycles. The number of carbonyl (C=O) groups is 2. The number of rotatable bonds is 7. The Morgan fingerprint density at radius 2 is 2.19 bits per heavy atom. The van der Waals surface area contributed by atoms with Crippen LogP contribution in [0.1, 0.15) is 29.8 Å². The summed E-state index contributed by atoms with van der Waals surface area (Å²) in [5.41, 5.74) is 1.07. The first-order chi connectivity index (χ1) is 12.5. The van der Waals surface area contributed by atoms with E-state index in [2.05, 4.69) is 4.98 Å². The minimum atomic E-state index is -0.940. The number of thiazole rings is 1. The lowest BCUT2D eigenvalue weighted by Gasteiger charge is -2.24. The number of carboxylic acids is 1. The first kappa shape index (κ1) is 18.8. The number of benzene rings is 1. The van der Waals surface area contributed by atoms with Gasteiger partial charge in [-0.05, 0) is 18.9 Å². The smallest absolute Gasteiger partial charge is 0.305 e. The first-order valence-corrected chi connectivity index (χ1v) is 9.63. The van der Waals surface area contributed by atoms with Gasteiger partial charge in [-0.2, -0.15) is 0 Å². The summed E-state index contributed by atoms with van der Waals surface area (Å²) in [6.07, 6.45) is 1.67. The molecule has 1 aromatic heterocycles. The third kappa shape index (κ3) is 4.60. The van der Waals surface area contributed by atoms with Crippen LogP contribution in [0, 0.1) is 0 Å². The van der Waals surface area contributed by atoms with E-state index in [1.165, 1.54) is 16.2 Å². The van der Waals surface area contributed by atoms with E-state index in [-0.39, 0.29) is 25.0 Å². The molecule has 0 aliphatic carbocycles.